The average Bonchev–Trinajstić information content (AvgIpc) is 2.76. The second kappa shape index (κ2) is 5.40. The van der Waals surface area contributed by atoms with E-state index < -0.39 is 0 Å². The summed E-state index contributed by atoms with van der Waals surface area (Å²) in [5, 5.41) is 4.84. The Kier molecular flexibility index (Phi) is 3.54. The minimum absolute atomic E-state index is 0. The molecule has 1 aliphatic rings. The van der Waals surface area contributed by atoms with Gasteiger partial charge in [0.25, 0.3) is 5.91 Å². The number of anilines is 1. The molecule has 0 spiro atoms. The Bertz CT molecular complexity index is 943. The molecule has 6 nitrogen and oxygen atoms in total. The van der Waals surface area contributed by atoms with Crippen molar-refractivity contribution in [2.75, 3.05) is 5.73 Å². The SMILES string of the molecule is Cc1ccc(-c2[nH]c3cc(N)cc4c3c2C=NNC4=O)c[nH+]1.[Cl-]. The lowest BCUT2D eigenvalue weighted by molar-refractivity contribution is -0.386. The molecule has 0 aliphatic carbocycles. The fraction of sp³-hybridized carbons (Fsp3) is 0.0625. The van der Waals surface area contributed by atoms with Crippen LogP contribution in [0.2, 0.25) is 0 Å². The molecule has 5 N–H and O–H groups in total. The van der Waals surface area contributed by atoms with E-state index in [0.29, 0.717) is 11.3 Å². The first-order valence-electron chi connectivity index (χ1n) is 6.91. The van der Waals surface area contributed by atoms with Gasteiger partial charge in [-0.25, -0.2) is 10.4 Å². The number of nitrogens with two attached hydrogens (primary N) is 1. The molecule has 3 aromatic rings. The Balaban J connectivity index is 0.00000156. The van der Waals surface area contributed by atoms with Crippen LogP contribution in [0.4, 0.5) is 5.69 Å². The highest BCUT2D eigenvalue weighted by Gasteiger charge is 2.22. The van der Waals surface area contributed by atoms with Gasteiger partial charge in [0.2, 0.25) is 0 Å². The number of nitrogen functional groups attached to an aromatic ring is 1. The number of aryl methyl sites for hydroxylation is 1. The van der Waals surface area contributed by atoms with E-state index in [9.17, 15) is 4.79 Å². The summed E-state index contributed by atoms with van der Waals surface area (Å²) in [4.78, 5) is 18.7. The molecule has 3 heterocycles. The van der Waals surface area contributed by atoms with Crippen molar-refractivity contribution in [1.29, 1.82) is 0 Å². The first kappa shape index (κ1) is 15.1. The number of hydrogen-bond donors (Lipinski definition) is 3. The number of H-pyrrole nitrogens is 2. The molecule has 1 aliphatic heterocycles. The van der Waals surface area contributed by atoms with Gasteiger partial charge in [0.15, 0.2) is 11.9 Å². The lowest BCUT2D eigenvalue weighted by atomic mass is 10.0. The van der Waals surface area contributed by atoms with Crippen molar-refractivity contribution < 1.29 is 22.2 Å². The highest BCUT2D eigenvalue weighted by Crippen LogP contribution is 2.33. The summed E-state index contributed by atoms with van der Waals surface area (Å²) in [7, 11) is 0. The summed E-state index contributed by atoms with van der Waals surface area (Å²) in [5.74, 6) is -0.256. The van der Waals surface area contributed by atoms with Gasteiger partial charge in [0, 0.05) is 35.1 Å². The number of amides is 1. The average molecular weight is 328 g/mol. The van der Waals surface area contributed by atoms with Crippen molar-refractivity contribution in [3.8, 4) is 11.3 Å². The van der Waals surface area contributed by atoms with Crippen LogP contribution in [-0.4, -0.2) is 17.1 Å². The van der Waals surface area contributed by atoms with Gasteiger partial charge in [-0.3, -0.25) is 4.79 Å². The topological polar surface area (TPSA) is 97.4 Å². The summed E-state index contributed by atoms with van der Waals surface area (Å²) in [5.41, 5.74) is 14.1. The number of benzene rings is 1. The van der Waals surface area contributed by atoms with Crippen LogP contribution in [0, 0.1) is 6.92 Å². The fourth-order valence-electron chi connectivity index (χ4n) is 2.79. The highest BCUT2D eigenvalue weighted by atomic mass is 35.5. The van der Waals surface area contributed by atoms with Gasteiger partial charge in [-0.1, -0.05) is 0 Å². The Hall–Kier alpha value is -2.86. The number of nitrogens with zero attached hydrogens (tertiary/aromatic N) is 1. The molecular formula is C16H14ClN5O. The molecule has 2 aromatic heterocycles. The minimum atomic E-state index is -0.256. The quantitative estimate of drug-likeness (QED) is 0.480. The molecule has 1 aromatic carbocycles. The van der Waals surface area contributed by atoms with Crippen molar-refractivity contribution in [3.63, 3.8) is 0 Å². The van der Waals surface area contributed by atoms with E-state index >= 15 is 0 Å². The van der Waals surface area contributed by atoms with Gasteiger partial charge in [0.05, 0.1) is 23.0 Å². The second-order valence-corrected chi connectivity index (χ2v) is 5.36. The van der Waals surface area contributed by atoms with E-state index in [0.717, 1.165) is 33.4 Å². The number of nitrogens with one attached hydrogen (secondary N) is 3. The molecule has 4 rings (SSSR count). The number of rotatable bonds is 1. The lowest BCUT2D eigenvalue weighted by Crippen LogP contribution is -3.00. The third-order valence-corrected chi connectivity index (χ3v) is 3.82. The number of carbonyl (C=O) groups is 1. The summed E-state index contributed by atoms with van der Waals surface area (Å²) in [6.07, 6.45) is 3.59. The molecule has 23 heavy (non-hydrogen) atoms. The summed E-state index contributed by atoms with van der Waals surface area (Å²) < 4.78 is 0. The number of pyridine rings is 1. The number of aromatic nitrogens is 2. The highest BCUT2D eigenvalue weighted by molar-refractivity contribution is 6.17. The molecule has 0 fully saturated rings. The zero-order valence-electron chi connectivity index (χ0n) is 12.3. The molecule has 0 saturated heterocycles. The van der Waals surface area contributed by atoms with Crippen molar-refractivity contribution in [3.05, 3.63) is 47.3 Å². The van der Waals surface area contributed by atoms with E-state index in [2.05, 4.69) is 20.5 Å². The second-order valence-electron chi connectivity index (χ2n) is 5.36. The Labute approximate surface area is 138 Å². The largest absolute Gasteiger partial charge is 1.00 e. The van der Waals surface area contributed by atoms with Crippen molar-refractivity contribution in [2.45, 2.75) is 6.92 Å². The normalized spacial score (nSPS) is 12.7. The molecule has 0 radical (unpaired) electrons. The van der Waals surface area contributed by atoms with Gasteiger partial charge in [-0.2, -0.15) is 5.10 Å². The Morgan fingerprint density at radius 2 is 2.09 bits per heavy atom. The molecule has 7 heteroatoms. The third kappa shape index (κ3) is 2.33. The molecular weight excluding hydrogens is 314 g/mol. The fourth-order valence-corrected chi connectivity index (χ4v) is 2.79. The molecule has 1 amide bonds. The Morgan fingerprint density at radius 3 is 2.83 bits per heavy atom. The first-order chi connectivity index (χ1) is 10.6. The predicted molar refractivity (Wildman–Crippen MR) is 84.5 cm³/mol. The summed E-state index contributed by atoms with van der Waals surface area (Å²) in [6.45, 7) is 1.99. The smallest absolute Gasteiger partial charge is 0.272 e. The van der Waals surface area contributed by atoms with Crippen LogP contribution < -0.4 is 28.6 Å². The summed E-state index contributed by atoms with van der Waals surface area (Å²) in [6, 6.07) is 7.52. The minimum Gasteiger partial charge on any atom is -1.00 e. The van der Waals surface area contributed by atoms with Gasteiger partial charge >= 0.3 is 0 Å². The zero-order chi connectivity index (χ0) is 15.3. The monoisotopic (exact) mass is 327 g/mol. The molecule has 0 saturated carbocycles. The molecule has 0 bridgehead atoms. The van der Waals surface area contributed by atoms with E-state index in [4.69, 9.17) is 5.73 Å². The lowest BCUT2D eigenvalue weighted by Gasteiger charge is -2.02. The van der Waals surface area contributed by atoms with Gasteiger partial charge in [-0.15, -0.1) is 0 Å². The number of hydrogen-bond acceptors (Lipinski definition) is 3. The van der Waals surface area contributed by atoms with Gasteiger partial charge in [-0.05, 0) is 18.2 Å². The first-order valence-corrected chi connectivity index (χ1v) is 6.91. The predicted octanol–water partition coefficient (Wildman–Crippen LogP) is -1.38. The van der Waals surface area contributed by atoms with Crippen molar-refractivity contribution in [2.24, 2.45) is 5.10 Å². The van der Waals surface area contributed by atoms with Crippen LogP contribution >= 0.6 is 0 Å². The third-order valence-electron chi connectivity index (χ3n) is 3.82. The molecule has 0 atom stereocenters. The van der Waals surface area contributed by atoms with Crippen molar-refractivity contribution >= 4 is 28.7 Å². The number of carbonyl (C=O) groups excluding carboxylic acids is 1. The van der Waals surface area contributed by atoms with E-state index in [1.165, 1.54) is 0 Å². The molecule has 0 unspecified atom stereocenters. The maximum Gasteiger partial charge on any atom is 0.272 e. The van der Waals surface area contributed by atoms with Crippen LogP contribution in [0.15, 0.2) is 35.6 Å². The summed E-state index contributed by atoms with van der Waals surface area (Å²) >= 11 is 0. The van der Waals surface area contributed by atoms with E-state index in [-0.39, 0.29) is 18.3 Å². The van der Waals surface area contributed by atoms with Crippen LogP contribution in [0.3, 0.4) is 0 Å². The number of hydrazone groups is 1. The van der Waals surface area contributed by atoms with Crippen LogP contribution in [0.25, 0.3) is 22.2 Å². The number of halogens is 1. The number of aromatic amines is 2. The van der Waals surface area contributed by atoms with Gasteiger partial charge < -0.3 is 23.1 Å². The molecule has 116 valence electrons. The van der Waals surface area contributed by atoms with Crippen LogP contribution in [-0.2, 0) is 0 Å². The van der Waals surface area contributed by atoms with E-state index in [1.54, 1.807) is 12.3 Å². The maximum atomic E-state index is 12.1. The zero-order valence-corrected chi connectivity index (χ0v) is 13.0. The van der Waals surface area contributed by atoms with Crippen LogP contribution in [0.5, 0.6) is 0 Å². The van der Waals surface area contributed by atoms with Gasteiger partial charge in [0.1, 0.15) is 0 Å². The maximum absolute atomic E-state index is 12.1. The van der Waals surface area contributed by atoms with Crippen molar-refractivity contribution in [1.82, 2.24) is 10.4 Å². The van der Waals surface area contributed by atoms with Crippen LogP contribution in [0.1, 0.15) is 21.6 Å². The Morgan fingerprint density at radius 1 is 1.26 bits per heavy atom. The van der Waals surface area contributed by atoms with E-state index in [1.807, 2.05) is 31.3 Å². The standard InChI is InChI=1S/C16H13N5O.ClH/c1-8-2-3-9(6-18-8)15-12-7-19-21-16(22)11-4-10(17)5-13(20-15)14(11)12;/h2-7,20H,17H2,1H3,(H,21,22);1H.